The maximum absolute atomic E-state index is 12.7. The molecule has 2 unspecified atom stereocenters. The molecule has 1 aromatic carbocycles. The van der Waals surface area contributed by atoms with Crippen molar-refractivity contribution in [1.82, 2.24) is 8.61 Å². The molecule has 0 saturated carbocycles. The Bertz CT molecular complexity index is 629. The number of hydrogen-bond acceptors (Lipinski definition) is 4. The van der Waals surface area contributed by atoms with Crippen molar-refractivity contribution in [3.63, 3.8) is 0 Å². The average Bonchev–Trinajstić information content (AvgIpc) is 2.47. The monoisotopic (exact) mass is 364 g/mol. The van der Waals surface area contributed by atoms with Crippen molar-refractivity contribution < 1.29 is 26.7 Å². The van der Waals surface area contributed by atoms with E-state index >= 15 is 0 Å². The van der Waals surface area contributed by atoms with Crippen molar-refractivity contribution in [2.24, 2.45) is 0 Å². The molecule has 136 valence electrons. The molecule has 0 amide bonds. The predicted octanol–water partition coefficient (Wildman–Crippen LogP) is 2.07. The van der Waals surface area contributed by atoms with Crippen LogP contribution in [-0.4, -0.2) is 56.0 Å². The molecule has 1 aliphatic heterocycles. The Balaban J connectivity index is 2.03. The normalized spacial score (nSPS) is 23.0. The standard InChI is InChI=1S/C15H22F2N2O4S/c1-11-8-19(9-12(2)22-11)24(20,21)18(3)10-13-4-6-14(7-5-13)23-15(16)17/h4-7,11-12,15H,8-10H2,1-3H3. The van der Waals surface area contributed by atoms with Gasteiger partial charge >= 0.3 is 6.61 Å². The quantitative estimate of drug-likeness (QED) is 0.775. The smallest absolute Gasteiger partial charge is 0.387 e. The van der Waals surface area contributed by atoms with E-state index in [1.807, 2.05) is 13.8 Å². The second-order valence-corrected chi connectivity index (χ2v) is 7.90. The van der Waals surface area contributed by atoms with Crippen LogP contribution in [0.2, 0.25) is 0 Å². The Kier molecular flexibility index (Phi) is 6.13. The summed E-state index contributed by atoms with van der Waals surface area (Å²) in [6.07, 6.45) is -0.328. The Morgan fingerprint density at radius 2 is 1.79 bits per heavy atom. The lowest BCUT2D eigenvalue weighted by Crippen LogP contribution is -2.52. The second kappa shape index (κ2) is 7.73. The summed E-state index contributed by atoms with van der Waals surface area (Å²) < 4.78 is 62.1. The molecule has 1 heterocycles. The number of benzene rings is 1. The number of alkyl halides is 2. The molecule has 0 radical (unpaired) electrons. The van der Waals surface area contributed by atoms with Crippen LogP contribution < -0.4 is 4.74 Å². The van der Waals surface area contributed by atoms with Gasteiger partial charge in [0.25, 0.3) is 10.2 Å². The van der Waals surface area contributed by atoms with Crippen molar-refractivity contribution in [3.8, 4) is 5.75 Å². The van der Waals surface area contributed by atoms with Crippen molar-refractivity contribution in [2.45, 2.75) is 39.2 Å². The third-order valence-electron chi connectivity index (χ3n) is 3.66. The maximum atomic E-state index is 12.7. The number of hydrogen-bond donors (Lipinski definition) is 0. The number of halogens is 2. The molecule has 24 heavy (non-hydrogen) atoms. The van der Waals surface area contributed by atoms with Crippen molar-refractivity contribution in [1.29, 1.82) is 0 Å². The number of rotatable bonds is 6. The topological polar surface area (TPSA) is 59.1 Å². The SMILES string of the molecule is CC1CN(S(=O)(=O)N(C)Cc2ccc(OC(F)F)cc2)CC(C)O1. The number of nitrogens with zero attached hydrogens (tertiary/aromatic N) is 2. The third kappa shape index (κ3) is 4.85. The molecule has 0 spiro atoms. The molecule has 1 saturated heterocycles. The van der Waals surface area contributed by atoms with Gasteiger partial charge in [0.05, 0.1) is 12.2 Å². The van der Waals surface area contributed by atoms with Gasteiger partial charge in [-0.25, -0.2) is 0 Å². The first-order valence-electron chi connectivity index (χ1n) is 7.59. The number of ether oxygens (including phenoxy) is 2. The third-order valence-corrected chi connectivity index (χ3v) is 5.53. The van der Waals surface area contributed by atoms with Gasteiger partial charge in [0.15, 0.2) is 0 Å². The lowest BCUT2D eigenvalue weighted by Gasteiger charge is -2.36. The van der Waals surface area contributed by atoms with E-state index in [1.165, 1.54) is 27.8 Å². The van der Waals surface area contributed by atoms with Gasteiger partial charge in [0, 0.05) is 26.7 Å². The summed E-state index contributed by atoms with van der Waals surface area (Å²) in [6, 6.07) is 5.91. The van der Waals surface area contributed by atoms with Gasteiger partial charge in [0.1, 0.15) is 5.75 Å². The van der Waals surface area contributed by atoms with Crippen molar-refractivity contribution in [2.75, 3.05) is 20.1 Å². The van der Waals surface area contributed by atoms with Gasteiger partial charge in [-0.15, -0.1) is 0 Å². The highest BCUT2D eigenvalue weighted by atomic mass is 32.2. The average molecular weight is 364 g/mol. The zero-order valence-electron chi connectivity index (χ0n) is 13.9. The Labute approximate surface area is 141 Å². The predicted molar refractivity (Wildman–Crippen MR) is 85.0 cm³/mol. The lowest BCUT2D eigenvalue weighted by atomic mass is 10.2. The van der Waals surface area contributed by atoms with Gasteiger partial charge < -0.3 is 9.47 Å². The van der Waals surface area contributed by atoms with Crippen LogP contribution in [0.25, 0.3) is 0 Å². The Hall–Kier alpha value is -1.29. The van der Waals surface area contributed by atoms with E-state index in [0.29, 0.717) is 18.7 Å². The highest BCUT2D eigenvalue weighted by Gasteiger charge is 2.33. The molecule has 0 bridgehead atoms. The zero-order chi connectivity index (χ0) is 17.9. The fourth-order valence-electron chi connectivity index (χ4n) is 2.63. The highest BCUT2D eigenvalue weighted by molar-refractivity contribution is 7.86. The molecule has 2 rings (SSSR count). The zero-order valence-corrected chi connectivity index (χ0v) is 14.7. The summed E-state index contributed by atoms with van der Waals surface area (Å²) >= 11 is 0. The lowest BCUT2D eigenvalue weighted by molar-refractivity contribution is -0.0498. The first-order valence-corrected chi connectivity index (χ1v) is 8.99. The first-order chi connectivity index (χ1) is 11.2. The van der Waals surface area contributed by atoms with E-state index < -0.39 is 16.8 Å². The van der Waals surface area contributed by atoms with Gasteiger partial charge in [0.2, 0.25) is 0 Å². The van der Waals surface area contributed by atoms with Crippen LogP contribution in [0.1, 0.15) is 19.4 Å². The summed E-state index contributed by atoms with van der Waals surface area (Å²) in [5, 5.41) is 0. The van der Waals surface area contributed by atoms with Crippen LogP contribution in [0, 0.1) is 0 Å². The summed E-state index contributed by atoms with van der Waals surface area (Å²) in [5.74, 6) is 0.0371. The van der Waals surface area contributed by atoms with Gasteiger partial charge in [-0.05, 0) is 31.5 Å². The minimum Gasteiger partial charge on any atom is -0.435 e. The van der Waals surface area contributed by atoms with Crippen LogP contribution in [-0.2, 0) is 21.5 Å². The van der Waals surface area contributed by atoms with Gasteiger partial charge in [-0.2, -0.15) is 25.8 Å². The molecule has 0 N–H and O–H groups in total. The van der Waals surface area contributed by atoms with Crippen LogP contribution in [0.3, 0.4) is 0 Å². The molecule has 2 atom stereocenters. The summed E-state index contributed by atoms with van der Waals surface area (Å²) in [4.78, 5) is 0. The minimum atomic E-state index is -3.62. The van der Waals surface area contributed by atoms with Crippen molar-refractivity contribution in [3.05, 3.63) is 29.8 Å². The van der Waals surface area contributed by atoms with Crippen molar-refractivity contribution >= 4 is 10.2 Å². The Morgan fingerprint density at radius 1 is 1.25 bits per heavy atom. The molecule has 1 fully saturated rings. The minimum absolute atomic E-state index is 0.0371. The maximum Gasteiger partial charge on any atom is 0.387 e. The second-order valence-electron chi connectivity index (χ2n) is 5.86. The van der Waals surface area contributed by atoms with E-state index in [-0.39, 0.29) is 24.5 Å². The number of morpholine rings is 1. The molecule has 0 aliphatic carbocycles. The summed E-state index contributed by atoms with van der Waals surface area (Å²) in [5.41, 5.74) is 0.678. The molecule has 1 aromatic rings. The summed E-state index contributed by atoms with van der Waals surface area (Å²) in [6.45, 7) is 1.53. The summed E-state index contributed by atoms with van der Waals surface area (Å²) in [7, 11) is -2.13. The molecule has 6 nitrogen and oxygen atoms in total. The molecular weight excluding hydrogens is 342 g/mol. The van der Waals surface area contributed by atoms with E-state index in [2.05, 4.69) is 4.74 Å². The molecule has 1 aliphatic rings. The highest BCUT2D eigenvalue weighted by Crippen LogP contribution is 2.20. The first kappa shape index (κ1) is 19.0. The van der Waals surface area contributed by atoms with Crippen LogP contribution in [0.5, 0.6) is 5.75 Å². The fourth-order valence-corrected chi connectivity index (χ4v) is 4.13. The van der Waals surface area contributed by atoms with Crippen LogP contribution in [0.15, 0.2) is 24.3 Å². The van der Waals surface area contributed by atoms with Gasteiger partial charge in [-0.1, -0.05) is 12.1 Å². The molecular formula is C15H22F2N2O4S. The van der Waals surface area contributed by atoms with E-state index in [0.717, 1.165) is 0 Å². The van der Waals surface area contributed by atoms with Crippen LogP contribution >= 0.6 is 0 Å². The fraction of sp³-hybridized carbons (Fsp3) is 0.600. The Morgan fingerprint density at radius 3 is 2.29 bits per heavy atom. The van der Waals surface area contributed by atoms with Gasteiger partial charge in [-0.3, -0.25) is 0 Å². The molecule has 9 heteroatoms. The van der Waals surface area contributed by atoms with E-state index in [4.69, 9.17) is 4.74 Å². The van der Waals surface area contributed by atoms with E-state index in [9.17, 15) is 17.2 Å². The molecule has 0 aromatic heterocycles. The van der Waals surface area contributed by atoms with E-state index in [1.54, 1.807) is 12.1 Å². The van der Waals surface area contributed by atoms with Crippen LogP contribution in [0.4, 0.5) is 8.78 Å². The largest absolute Gasteiger partial charge is 0.435 e.